The van der Waals surface area contributed by atoms with Crippen molar-refractivity contribution in [1.29, 1.82) is 0 Å². The van der Waals surface area contributed by atoms with Crippen LogP contribution in [0.3, 0.4) is 0 Å². The zero-order valence-electron chi connectivity index (χ0n) is 15.2. The summed E-state index contributed by atoms with van der Waals surface area (Å²) in [5.74, 6) is 1.90. The molecule has 0 aliphatic heterocycles. The molecule has 1 fully saturated rings. The molecule has 0 saturated heterocycles. The van der Waals surface area contributed by atoms with Crippen LogP contribution >= 0.6 is 0 Å². The third-order valence-corrected chi connectivity index (χ3v) is 4.95. The Kier molecular flexibility index (Phi) is 4.44. The van der Waals surface area contributed by atoms with E-state index >= 15 is 0 Å². The second-order valence-corrected chi connectivity index (χ2v) is 6.84. The van der Waals surface area contributed by atoms with Gasteiger partial charge in [-0.25, -0.2) is 4.98 Å². The quantitative estimate of drug-likeness (QED) is 0.756. The number of rotatable bonds is 5. The van der Waals surface area contributed by atoms with Crippen molar-refractivity contribution in [3.05, 3.63) is 40.2 Å². The molecule has 1 saturated carbocycles. The second-order valence-electron chi connectivity index (χ2n) is 6.84. The van der Waals surface area contributed by atoms with E-state index in [1.807, 2.05) is 17.6 Å². The van der Waals surface area contributed by atoms with Crippen LogP contribution in [-0.4, -0.2) is 24.5 Å². The first-order chi connectivity index (χ1) is 12.7. The first-order valence-electron chi connectivity index (χ1n) is 9.27. The van der Waals surface area contributed by atoms with Crippen LogP contribution in [0.2, 0.25) is 0 Å². The monoisotopic (exact) mass is 353 g/mol. The van der Waals surface area contributed by atoms with E-state index in [1.54, 1.807) is 12.3 Å². The second kappa shape index (κ2) is 6.90. The maximum Gasteiger partial charge on any atom is 0.307 e. The highest BCUT2D eigenvalue weighted by Gasteiger charge is 2.23. The number of aromatic amines is 1. The van der Waals surface area contributed by atoms with Gasteiger partial charge < -0.3 is 9.72 Å². The van der Waals surface area contributed by atoms with Gasteiger partial charge in [0.1, 0.15) is 5.82 Å². The van der Waals surface area contributed by atoms with Gasteiger partial charge in [0, 0.05) is 18.7 Å². The summed E-state index contributed by atoms with van der Waals surface area (Å²) in [6.07, 6.45) is 7.26. The number of imidazole rings is 1. The van der Waals surface area contributed by atoms with Crippen LogP contribution in [0.25, 0.3) is 11.2 Å². The Hall–Kier alpha value is -2.70. The molecule has 1 aliphatic rings. The lowest BCUT2D eigenvalue weighted by atomic mass is 10.1. The van der Waals surface area contributed by atoms with Crippen molar-refractivity contribution in [3.8, 4) is 11.8 Å². The number of aromatic nitrogens is 5. The molecule has 7 heteroatoms. The lowest BCUT2D eigenvalue weighted by Crippen LogP contribution is -2.16. The van der Waals surface area contributed by atoms with Gasteiger partial charge in [-0.3, -0.25) is 14.3 Å². The number of nitrogens with one attached hydrogen (secondary N) is 1. The Balaban J connectivity index is 1.83. The molecule has 0 aromatic carbocycles. The minimum atomic E-state index is -0.333. The fourth-order valence-corrected chi connectivity index (χ4v) is 3.59. The van der Waals surface area contributed by atoms with Crippen molar-refractivity contribution >= 4 is 11.2 Å². The summed E-state index contributed by atoms with van der Waals surface area (Å²) in [7, 11) is 0. The minimum absolute atomic E-state index is 0.268. The lowest BCUT2D eigenvalue weighted by Gasteiger charge is -2.13. The zero-order chi connectivity index (χ0) is 18.1. The number of nitrogens with zero attached hydrogens (tertiary/aromatic N) is 4. The van der Waals surface area contributed by atoms with Crippen molar-refractivity contribution < 1.29 is 4.74 Å². The summed E-state index contributed by atoms with van der Waals surface area (Å²) in [4.78, 5) is 29.0. The molecule has 1 N–H and O–H groups in total. The fourth-order valence-electron chi connectivity index (χ4n) is 3.59. The van der Waals surface area contributed by atoms with Crippen LogP contribution in [0.5, 0.6) is 11.8 Å². The van der Waals surface area contributed by atoms with Crippen LogP contribution in [0.15, 0.2) is 23.1 Å². The van der Waals surface area contributed by atoms with E-state index in [-0.39, 0.29) is 11.6 Å². The van der Waals surface area contributed by atoms with Crippen LogP contribution in [-0.2, 0) is 6.54 Å². The van der Waals surface area contributed by atoms with E-state index in [9.17, 15) is 4.79 Å². The standard InChI is InChI=1S/C19H23N5O2/c1-3-11-24-17-15(21-16(22-17)13-7-4-5-8-13)18(25)23-19(24)26-14-9-6-10-20-12(14)2/h6,9-10,13H,3-5,7-8,11H2,1-2H3,(H,21,22). The SMILES string of the molecule is CCCn1c(Oc2cccnc2C)nc(=O)c2[nH]c(C3CCCC3)nc21. The Morgan fingerprint density at radius 1 is 1.31 bits per heavy atom. The fraction of sp³-hybridized carbons (Fsp3) is 0.474. The molecular weight excluding hydrogens is 330 g/mol. The van der Waals surface area contributed by atoms with E-state index in [4.69, 9.17) is 9.72 Å². The number of fused-ring (bicyclic) bond motifs is 1. The van der Waals surface area contributed by atoms with Gasteiger partial charge in [0.15, 0.2) is 16.9 Å². The first kappa shape index (κ1) is 16.8. The molecule has 0 amide bonds. The number of H-pyrrole nitrogens is 1. The molecule has 3 aromatic rings. The first-order valence-corrected chi connectivity index (χ1v) is 9.27. The highest BCUT2D eigenvalue weighted by Crippen LogP contribution is 2.33. The molecular formula is C19H23N5O2. The van der Waals surface area contributed by atoms with Gasteiger partial charge in [-0.05, 0) is 38.3 Å². The highest BCUT2D eigenvalue weighted by atomic mass is 16.5. The number of ether oxygens (including phenoxy) is 1. The van der Waals surface area contributed by atoms with Gasteiger partial charge in [0.25, 0.3) is 0 Å². The number of aryl methyl sites for hydroxylation is 2. The summed E-state index contributed by atoms with van der Waals surface area (Å²) in [5.41, 5.74) is 1.51. The summed E-state index contributed by atoms with van der Waals surface area (Å²) in [6.45, 7) is 4.61. The van der Waals surface area contributed by atoms with E-state index in [2.05, 4.69) is 21.9 Å². The minimum Gasteiger partial charge on any atom is -0.423 e. The Labute approximate surface area is 151 Å². The third-order valence-electron chi connectivity index (χ3n) is 4.95. The van der Waals surface area contributed by atoms with Crippen molar-refractivity contribution in [2.75, 3.05) is 0 Å². The van der Waals surface area contributed by atoms with Gasteiger partial charge in [0.2, 0.25) is 0 Å². The van der Waals surface area contributed by atoms with Gasteiger partial charge in [-0.2, -0.15) is 4.98 Å². The molecule has 0 bridgehead atoms. The molecule has 26 heavy (non-hydrogen) atoms. The van der Waals surface area contributed by atoms with Crippen LogP contribution in [0, 0.1) is 6.92 Å². The number of hydrogen-bond donors (Lipinski definition) is 1. The topological polar surface area (TPSA) is 85.7 Å². The Bertz CT molecular complexity index is 985. The number of hydrogen-bond acceptors (Lipinski definition) is 5. The van der Waals surface area contributed by atoms with E-state index in [0.717, 1.165) is 30.8 Å². The molecule has 0 radical (unpaired) electrons. The predicted octanol–water partition coefficient (Wildman–Crippen LogP) is 3.68. The maximum absolute atomic E-state index is 12.6. The number of pyridine rings is 1. The Morgan fingerprint density at radius 3 is 2.85 bits per heavy atom. The molecule has 3 aromatic heterocycles. The molecule has 0 spiro atoms. The molecule has 136 valence electrons. The normalized spacial score (nSPS) is 15.0. The van der Waals surface area contributed by atoms with Crippen molar-refractivity contribution in [1.82, 2.24) is 24.5 Å². The largest absolute Gasteiger partial charge is 0.423 e. The van der Waals surface area contributed by atoms with Gasteiger partial charge in [0.05, 0.1) is 5.69 Å². The smallest absolute Gasteiger partial charge is 0.307 e. The van der Waals surface area contributed by atoms with Crippen molar-refractivity contribution in [2.45, 2.75) is 58.4 Å². The van der Waals surface area contributed by atoms with Crippen LogP contribution in [0.1, 0.15) is 56.5 Å². The molecule has 0 atom stereocenters. The van der Waals surface area contributed by atoms with Gasteiger partial charge in [-0.15, -0.1) is 0 Å². The van der Waals surface area contributed by atoms with Crippen LogP contribution < -0.4 is 10.3 Å². The van der Waals surface area contributed by atoms with E-state index in [0.29, 0.717) is 29.4 Å². The molecule has 1 aliphatic carbocycles. The van der Waals surface area contributed by atoms with Gasteiger partial charge in [-0.1, -0.05) is 19.8 Å². The third kappa shape index (κ3) is 2.98. The highest BCUT2D eigenvalue weighted by molar-refractivity contribution is 5.71. The summed E-state index contributed by atoms with van der Waals surface area (Å²) in [5, 5.41) is 0. The summed E-state index contributed by atoms with van der Waals surface area (Å²) < 4.78 is 7.84. The Morgan fingerprint density at radius 2 is 2.12 bits per heavy atom. The summed E-state index contributed by atoms with van der Waals surface area (Å²) in [6, 6.07) is 3.89. The molecule has 4 rings (SSSR count). The van der Waals surface area contributed by atoms with Crippen molar-refractivity contribution in [2.24, 2.45) is 0 Å². The molecule has 0 unspecified atom stereocenters. The van der Waals surface area contributed by atoms with E-state index in [1.165, 1.54) is 12.8 Å². The average molecular weight is 353 g/mol. The molecule has 7 nitrogen and oxygen atoms in total. The summed E-state index contributed by atoms with van der Waals surface area (Å²) >= 11 is 0. The molecule has 3 heterocycles. The maximum atomic E-state index is 12.6. The van der Waals surface area contributed by atoms with E-state index < -0.39 is 0 Å². The van der Waals surface area contributed by atoms with Crippen LogP contribution in [0.4, 0.5) is 0 Å². The zero-order valence-corrected chi connectivity index (χ0v) is 15.2. The van der Waals surface area contributed by atoms with Gasteiger partial charge >= 0.3 is 11.6 Å². The lowest BCUT2D eigenvalue weighted by molar-refractivity contribution is 0.399. The van der Waals surface area contributed by atoms with Crippen molar-refractivity contribution in [3.63, 3.8) is 0 Å². The predicted molar refractivity (Wildman–Crippen MR) is 98.7 cm³/mol. The average Bonchev–Trinajstić information content (AvgIpc) is 3.30.